The number of amides is 3. The fraction of sp³-hybridized carbons (Fsp3) is 0.414. The normalized spacial score (nSPS) is 16.2. The van der Waals surface area contributed by atoms with Crippen molar-refractivity contribution in [1.82, 2.24) is 25.5 Å². The highest BCUT2D eigenvalue weighted by Crippen LogP contribution is 2.35. The lowest BCUT2D eigenvalue weighted by molar-refractivity contribution is -0.150. The van der Waals surface area contributed by atoms with Gasteiger partial charge in [-0.25, -0.2) is 18.7 Å². The van der Waals surface area contributed by atoms with E-state index in [-0.39, 0.29) is 29.0 Å². The molecule has 0 bridgehead atoms. The van der Waals surface area contributed by atoms with E-state index in [1.165, 1.54) is 24.4 Å². The van der Waals surface area contributed by atoms with Crippen LogP contribution in [0.1, 0.15) is 34.1 Å². The van der Waals surface area contributed by atoms with Crippen molar-refractivity contribution in [3.8, 4) is 5.75 Å². The van der Waals surface area contributed by atoms with Crippen LogP contribution in [0.25, 0.3) is 10.9 Å². The highest BCUT2D eigenvalue weighted by Gasteiger charge is 2.44. The molecule has 3 aromatic rings. The van der Waals surface area contributed by atoms with Gasteiger partial charge in [0.1, 0.15) is 40.8 Å². The number of aromatic nitrogens is 2. The van der Waals surface area contributed by atoms with Gasteiger partial charge in [0, 0.05) is 18.0 Å². The number of carbonyl (C=O) groups is 3. The first-order valence-corrected chi connectivity index (χ1v) is 14.0. The summed E-state index contributed by atoms with van der Waals surface area (Å²) in [6.07, 6.45) is 1.68. The third-order valence-corrected chi connectivity index (χ3v) is 7.68. The Morgan fingerprint density at radius 1 is 1.14 bits per heavy atom. The van der Waals surface area contributed by atoms with Crippen LogP contribution in [0, 0.1) is 17.0 Å². The molecule has 3 amide bonds. The summed E-state index contributed by atoms with van der Waals surface area (Å²) in [6, 6.07) is 3.20. The van der Waals surface area contributed by atoms with E-state index in [0.29, 0.717) is 29.6 Å². The Morgan fingerprint density at radius 2 is 1.86 bits per heavy atom. The average molecular weight is 618 g/mol. The number of fused-ring (bicyclic) bond motifs is 1. The zero-order chi connectivity index (χ0) is 31.6. The van der Waals surface area contributed by atoms with Gasteiger partial charge in [-0.3, -0.25) is 14.4 Å². The molecule has 1 saturated heterocycles. The molecule has 230 valence electrons. The SMILES string of the molecule is CN[C@@H](C)C(=O)N[C@H](C(=O)N1CC[C@H]1C(=O)Nc1cc2c(Nc3ccc(F)c(Cl)c3F)ncnc2cc1OC)C(C)(C)C. The largest absolute Gasteiger partial charge is 0.494 e. The summed E-state index contributed by atoms with van der Waals surface area (Å²) >= 11 is 5.72. The number of anilines is 3. The minimum Gasteiger partial charge on any atom is -0.494 e. The van der Waals surface area contributed by atoms with Crippen LogP contribution in [0.4, 0.5) is 26.0 Å². The van der Waals surface area contributed by atoms with Crippen molar-refractivity contribution in [3.05, 3.63) is 47.2 Å². The number of likely N-dealkylation sites (tertiary alicyclic amines) is 1. The number of rotatable bonds is 9. The molecule has 14 heteroatoms. The smallest absolute Gasteiger partial charge is 0.247 e. The number of hydrogen-bond donors (Lipinski definition) is 4. The van der Waals surface area contributed by atoms with E-state index in [1.807, 2.05) is 20.8 Å². The lowest BCUT2D eigenvalue weighted by Gasteiger charge is -2.44. The summed E-state index contributed by atoms with van der Waals surface area (Å²) in [5.74, 6) is -2.57. The van der Waals surface area contributed by atoms with Gasteiger partial charge in [-0.15, -0.1) is 0 Å². The fourth-order valence-corrected chi connectivity index (χ4v) is 4.72. The van der Waals surface area contributed by atoms with E-state index in [0.717, 1.165) is 6.07 Å². The maximum atomic E-state index is 14.6. The number of halogens is 3. The van der Waals surface area contributed by atoms with Gasteiger partial charge in [0.15, 0.2) is 5.82 Å². The van der Waals surface area contributed by atoms with Crippen molar-refractivity contribution in [3.63, 3.8) is 0 Å². The molecule has 0 spiro atoms. The topological polar surface area (TPSA) is 138 Å². The summed E-state index contributed by atoms with van der Waals surface area (Å²) in [5.41, 5.74) is -0.0454. The van der Waals surface area contributed by atoms with Gasteiger partial charge >= 0.3 is 0 Å². The summed E-state index contributed by atoms with van der Waals surface area (Å²) < 4.78 is 33.7. The van der Waals surface area contributed by atoms with E-state index in [2.05, 4.69) is 31.2 Å². The molecule has 43 heavy (non-hydrogen) atoms. The van der Waals surface area contributed by atoms with E-state index < -0.39 is 46.1 Å². The summed E-state index contributed by atoms with van der Waals surface area (Å²) in [5, 5.41) is 11.0. The Hall–Kier alpha value is -4.10. The zero-order valence-corrected chi connectivity index (χ0v) is 25.4. The van der Waals surface area contributed by atoms with Gasteiger partial charge < -0.3 is 30.9 Å². The van der Waals surface area contributed by atoms with Crippen molar-refractivity contribution in [2.75, 3.05) is 31.3 Å². The fourth-order valence-electron chi connectivity index (χ4n) is 4.55. The lowest BCUT2D eigenvalue weighted by atomic mass is 9.84. The Bertz CT molecular complexity index is 1570. The average Bonchev–Trinajstić information content (AvgIpc) is 2.94. The molecular formula is C29H34ClF2N7O4. The van der Waals surface area contributed by atoms with Gasteiger partial charge in [-0.2, -0.15) is 0 Å². The van der Waals surface area contributed by atoms with Crippen molar-refractivity contribution in [2.24, 2.45) is 5.41 Å². The first-order chi connectivity index (χ1) is 20.3. The molecule has 0 radical (unpaired) electrons. The molecule has 11 nitrogen and oxygen atoms in total. The van der Waals surface area contributed by atoms with Gasteiger partial charge in [0.25, 0.3) is 0 Å². The monoisotopic (exact) mass is 617 g/mol. The number of methoxy groups -OCH3 is 1. The number of nitrogens with one attached hydrogen (secondary N) is 4. The lowest BCUT2D eigenvalue weighted by Crippen LogP contribution is -2.64. The molecule has 1 aliphatic heterocycles. The predicted octanol–water partition coefficient (Wildman–Crippen LogP) is 3.99. The number of hydrogen-bond acceptors (Lipinski definition) is 8. The third kappa shape index (κ3) is 6.62. The van der Waals surface area contributed by atoms with E-state index in [4.69, 9.17) is 16.3 Å². The van der Waals surface area contributed by atoms with Crippen LogP contribution in [-0.2, 0) is 14.4 Å². The van der Waals surface area contributed by atoms with Gasteiger partial charge in [0.05, 0.1) is 30.0 Å². The van der Waals surface area contributed by atoms with Crippen LogP contribution in [-0.4, -0.2) is 71.4 Å². The highest BCUT2D eigenvalue weighted by atomic mass is 35.5. The molecule has 4 rings (SSSR count). The molecule has 2 aromatic carbocycles. The zero-order valence-electron chi connectivity index (χ0n) is 24.6. The van der Waals surface area contributed by atoms with Crippen LogP contribution in [0.2, 0.25) is 5.02 Å². The number of likely N-dealkylation sites (N-methyl/N-ethyl adjacent to an activating group) is 1. The Balaban J connectivity index is 1.59. The number of ether oxygens (including phenoxy) is 1. The van der Waals surface area contributed by atoms with Gasteiger partial charge in [0.2, 0.25) is 17.7 Å². The van der Waals surface area contributed by atoms with Crippen LogP contribution >= 0.6 is 11.6 Å². The molecule has 2 heterocycles. The molecule has 4 N–H and O–H groups in total. The van der Waals surface area contributed by atoms with Crippen LogP contribution in [0.5, 0.6) is 5.75 Å². The molecule has 0 saturated carbocycles. The van der Waals surface area contributed by atoms with Crippen LogP contribution in [0.3, 0.4) is 0 Å². The number of nitrogens with zero attached hydrogens (tertiary/aromatic N) is 3. The summed E-state index contributed by atoms with van der Waals surface area (Å²) in [7, 11) is 3.08. The molecular weight excluding hydrogens is 584 g/mol. The Kier molecular flexibility index (Phi) is 9.35. The molecule has 1 fully saturated rings. The highest BCUT2D eigenvalue weighted by molar-refractivity contribution is 6.31. The first-order valence-electron chi connectivity index (χ1n) is 13.6. The second-order valence-corrected chi connectivity index (χ2v) is 11.7. The number of benzene rings is 2. The van der Waals surface area contributed by atoms with E-state index >= 15 is 0 Å². The van der Waals surface area contributed by atoms with E-state index in [1.54, 1.807) is 26.1 Å². The number of carbonyl (C=O) groups excluding carboxylic acids is 3. The molecule has 3 atom stereocenters. The van der Waals surface area contributed by atoms with E-state index in [9.17, 15) is 23.2 Å². The van der Waals surface area contributed by atoms with Crippen molar-refractivity contribution in [1.29, 1.82) is 0 Å². The molecule has 1 aromatic heterocycles. The van der Waals surface area contributed by atoms with Gasteiger partial charge in [-0.05, 0) is 44.0 Å². The minimum absolute atomic E-state index is 0.110. The van der Waals surface area contributed by atoms with Crippen molar-refractivity contribution in [2.45, 2.75) is 52.2 Å². The molecule has 1 aliphatic rings. The van der Waals surface area contributed by atoms with Crippen LogP contribution in [0.15, 0.2) is 30.6 Å². The quantitative estimate of drug-likeness (QED) is 0.265. The predicted molar refractivity (Wildman–Crippen MR) is 159 cm³/mol. The second-order valence-electron chi connectivity index (χ2n) is 11.3. The summed E-state index contributed by atoms with van der Waals surface area (Å²) in [6.45, 7) is 7.56. The minimum atomic E-state index is -0.990. The maximum absolute atomic E-state index is 14.6. The summed E-state index contributed by atoms with van der Waals surface area (Å²) in [4.78, 5) is 49.5. The maximum Gasteiger partial charge on any atom is 0.247 e. The van der Waals surface area contributed by atoms with Crippen LogP contribution < -0.4 is 26.0 Å². The van der Waals surface area contributed by atoms with Crippen molar-refractivity contribution >= 4 is 57.4 Å². The van der Waals surface area contributed by atoms with Crippen molar-refractivity contribution < 1.29 is 27.9 Å². The second kappa shape index (κ2) is 12.6. The first kappa shape index (κ1) is 31.8. The van der Waals surface area contributed by atoms with Gasteiger partial charge in [-0.1, -0.05) is 32.4 Å². The Labute approximate surface area is 252 Å². The standard InChI is InChI=1S/C29H34ClF2N7O4/c1-14(33-5)26(40)38-24(29(2,3)4)28(42)39-10-9-20(39)27(41)37-19-11-15-18(12-21(19)43-6)34-13-35-25(15)36-17-8-7-16(31)22(30)23(17)32/h7-8,11-14,20,24,33H,9-10H2,1-6H3,(H,37,41)(H,38,40)(H,34,35,36)/t14-,20-,24+/m0/s1. The Morgan fingerprint density at radius 3 is 2.47 bits per heavy atom. The molecule has 0 aliphatic carbocycles. The molecule has 0 unspecified atom stereocenters. The third-order valence-electron chi connectivity index (χ3n) is 7.33.